The van der Waals surface area contributed by atoms with Gasteiger partial charge in [-0.05, 0) is 86.9 Å². The highest BCUT2D eigenvalue weighted by molar-refractivity contribution is 5.96. The van der Waals surface area contributed by atoms with E-state index >= 15 is 0 Å². The minimum absolute atomic E-state index is 0.00378. The van der Waals surface area contributed by atoms with Crippen LogP contribution in [0.4, 0.5) is 9.18 Å². The van der Waals surface area contributed by atoms with Crippen molar-refractivity contribution in [3.05, 3.63) is 77.2 Å². The number of amides is 2. The van der Waals surface area contributed by atoms with Crippen LogP contribution in [-0.2, 0) is 17.8 Å². The first kappa shape index (κ1) is 35.7. The van der Waals surface area contributed by atoms with E-state index in [1.807, 2.05) is 12.1 Å². The number of pyridine rings is 1. The molecule has 3 aliphatic rings. The summed E-state index contributed by atoms with van der Waals surface area (Å²) in [4.78, 5) is 33.5. The molecular formula is C38H49FN6O5. The summed E-state index contributed by atoms with van der Waals surface area (Å²) in [6, 6.07) is 16.5. The molecule has 3 heterocycles. The second kappa shape index (κ2) is 16.3. The van der Waals surface area contributed by atoms with E-state index in [1.165, 1.54) is 11.1 Å². The molecule has 1 unspecified atom stereocenters. The maximum Gasteiger partial charge on any atom is 0.404 e. The molecule has 12 heteroatoms. The third-order valence-corrected chi connectivity index (χ3v) is 9.90. The molecule has 2 aromatic carbocycles. The van der Waals surface area contributed by atoms with Gasteiger partial charge in [-0.25, -0.2) is 14.2 Å². The highest BCUT2D eigenvalue weighted by Gasteiger charge is 2.27. The second-order valence-corrected chi connectivity index (χ2v) is 14.2. The molecule has 3 atom stereocenters. The minimum Gasteiger partial charge on any atom is -0.465 e. The summed E-state index contributed by atoms with van der Waals surface area (Å²) < 4.78 is 26.3. The highest BCUT2D eigenvalue weighted by atomic mass is 19.1. The molecule has 0 bridgehead atoms. The Balaban J connectivity index is 1.21. The van der Waals surface area contributed by atoms with Crippen molar-refractivity contribution >= 4 is 12.0 Å². The molecule has 2 saturated heterocycles. The second-order valence-electron chi connectivity index (χ2n) is 14.2. The average Bonchev–Trinajstić information content (AvgIpc) is 3.07. The van der Waals surface area contributed by atoms with Crippen LogP contribution in [-0.4, -0.2) is 94.9 Å². The van der Waals surface area contributed by atoms with Gasteiger partial charge in [0.05, 0.1) is 19.4 Å². The Kier molecular flexibility index (Phi) is 11.6. The van der Waals surface area contributed by atoms with E-state index < -0.39 is 17.8 Å². The van der Waals surface area contributed by atoms with E-state index in [-0.39, 0.29) is 23.5 Å². The molecular weight excluding hydrogens is 639 g/mol. The first-order valence-electron chi connectivity index (χ1n) is 17.8. The van der Waals surface area contributed by atoms with Gasteiger partial charge in [0.25, 0.3) is 5.91 Å². The Morgan fingerprint density at radius 1 is 1.00 bits per heavy atom. The van der Waals surface area contributed by atoms with Crippen LogP contribution >= 0.6 is 0 Å². The predicted molar refractivity (Wildman–Crippen MR) is 189 cm³/mol. The van der Waals surface area contributed by atoms with Crippen molar-refractivity contribution in [1.29, 1.82) is 0 Å². The zero-order chi connectivity index (χ0) is 35.2. The van der Waals surface area contributed by atoms with Crippen molar-refractivity contribution in [3.63, 3.8) is 0 Å². The molecule has 6 rings (SSSR count). The lowest BCUT2D eigenvalue weighted by Gasteiger charge is -2.36. The van der Waals surface area contributed by atoms with Crippen molar-refractivity contribution in [3.8, 4) is 22.8 Å². The fourth-order valence-electron chi connectivity index (χ4n) is 7.53. The van der Waals surface area contributed by atoms with Gasteiger partial charge < -0.3 is 30.5 Å². The molecule has 268 valence electrons. The van der Waals surface area contributed by atoms with Crippen LogP contribution in [0, 0.1) is 5.82 Å². The molecule has 2 amide bonds. The SMILES string of the molecule is CC1COCCN1Cc1cc(CN2C[C@@H](C)N[C@@H](C)C2)ccc1-c1cccc(Oc2ncc(F)cc2C(=O)NC2CCC(NC(=O)O)CC2)c1. The van der Waals surface area contributed by atoms with Crippen LogP contribution in [0.3, 0.4) is 0 Å². The van der Waals surface area contributed by atoms with Gasteiger partial charge >= 0.3 is 6.09 Å². The van der Waals surface area contributed by atoms with Crippen molar-refractivity contribution < 1.29 is 28.6 Å². The van der Waals surface area contributed by atoms with Gasteiger partial charge in [-0.15, -0.1) is 0 Å². The first-order valence-corrected chi connectivity index (χ1v) is 17.8. The largest absolute Gasteiger partial charge is 0.465 e. The van der Waals surface area contributed by atoms with Crippen molar-refractivity contribution in [1.82, 2.24) is 30.7 Å². The maximum absolute atomic E-state index is 14.4. The maximum atomic E-state index is 14.4. The number of hydrogen-bond acceptors (Lipinski definition) is 8. The summed E-state index contributed by atoms with van der Waals surface area (Å²) in [5.41, 5.74) is 4.56. The highest BCUT2D eigenvalue weighted by Crippen LogP contribution is 2.32. The minimum atomic E-state index is -1.05. The van der Waals surface area contributed by atoms with E-state index in [4.69, 9.17) is 14.6 Å². The Morgan fingerprint density at radius 3 is 2.46 bits per heavy atom. The molecule has 1 aliphatic carbocycles. The van der Waals surface area contributed by atoms with Crippen LogP contribution in [0.15, 0.2) is 54.7 Å². The number of carboxylic acid groups (broad SMARTS) is 1. The number of halogens is 1. The number of benzene rings is 2. The van der Waals surface area contributed by atoms with Gasteiger partial charge in [0.1, 0.15) is 17.1 Å². The van der Waals surface area contributed by atoms with Gasteiger partial charge in [-0.3, -0.25) is 14.6 Å². The fourth-order valence-corrected chi connectivity index (χ4v) is 7.53. The smallest absolute Gasteiger partial charge is 0.404 e. The number of nitrogens with one attached hydrogen (secondary N) is 3. The number of carbonyl (C=O) groups is 2. The van der Waals surface area contributed by atoms with Crippen LogP contribution in [0.2, 0.25) is 0 Å². The van der Waals surface area contributed by atoms with Crippen molar-refractivity contribution in [2.75, 3.05) is 32.8 Å². The Bertz CT molecular complexity index is 1640. The lowest BCUT2D eigenvalue weighted by Crippen LogP contribution is -2.53. The Morgan fingerprint density at radius 2 is 1.74 bits per heavy atom. The van der Waals surface area contributed by atoms with Crippen LogP contribution in [0.5, 0.6) is 11.6 Å². The molecule has 3 aromatic rings. The van der Waals surface area contributed by atoms with Gasteiger partial charge in [0, 0.05) is 62.9 Å². The molecule has 0 spiro atoms. The quantitative estimate of drug-likeness (QED) is 0.222. The van der Waals surface area contributed by atoms with Crippen LogP contribution in [0.25, 0.3) is 11.1 Å². The van der Waals surface area contributed by atoms with Crippen LogP contribution < -0.4 is 20.7 Å². The molecule has 4 N–H and O–H groups in total. The van der Waals surface area contributed by atoms with Gasteiger partial charge in [0.15, 0.2) is 0 Å². The fraction of sp³-hybridized carbons (Fsp3) is 0.500. The number of aromatic nitrogens is 1. The zero-order valence-electron chi connectivity index (χ0n) is 29.2. The normalized spacial score (nSPS) is 24.8. The van der Waals surface area contributed by atoms with E-state index in [0.717, 1.165) is 56.1 Å². The summed E-state index contributed by atoms with van der Waals surface area (Å²) in [6.45, 7) is 12.6. The number of piperazine rings is 1. The van der Waals surface area contributed by atoms with Crippen molar-refractivity contribution in [2.45, 2.75) is 89.8 Å². The monoisotopic (exact) mass is 688 g/mol. The van der Waals surface area contributed by atoms with Gasteiger partial charge in [-0.2, -0.15) is 0 Å². The van der Waals surface area contributed by atoms with E-state index in [0.29, 0.717) is 62.8 Å². The number of carbonyl (C=O) groups excluding carboxylic acids is 1. The molecule has 1 saturated carbocycles. The van der Waals surface area contributed by atoms with E-state index in [9.17, 15) is 14.0 Å². The summed E-state index contributed by atoms with van der Waals surface area (Å²) in [7, 11) is 0. The Hall–Kier alpha value is -4.10. The molecule has 2 aliphatic heterocycles. The summed E-state index contributed by atoms with van der Waals surface area (Å²) in [5.74, 6) is -0.630. The van der Waals surface area contributed by atoms with Crippen molar-refractivity contribution in [2.24, 2.45) is 0 Å². The number of ether oxygens (including phenoxy) is 2. The number of hydrogen-bond donors (Lipinski definition) is 4. The molecule has 1 aromatic heterocycles. The summed E-state index contributed by atoms with van der Waals surface area (Å²) in [6.07, 6.45) is 2.42. The lowest BCUT2D eigenvalue weighted by molar-refractivity contribution is -0.00431. The standard InChI is InChI=1S/C38H49FN6O5/c1-24-19-44(20-25(2)41-24)21-27-7-12-34(29(15-27)22-45-13-14-49-23-26(45)3)28-5-4-6-33(16-28)50-37-35(17-30(39)18-40-37)36(46)42-31-8-10-32(11-9-31)43-38(47)48/h4-7,12,15-18,24-26,31-32,41,43H,8-11,13-14,19-23H2,1-3H3,(H,42,46)(H,47,48)/t24-,25+,26?,31?,32?. The van der Waals surface area contributed by atoms with Gasteiger partial charge in [-0.1, -0.05) is 30.3 Å². The third kappa shape index (κ3) is 9.36. The van der Waals surface area contributed by atoms with Gasteiger partial charge in [0.2, 0.25) is 5.88 Å². The molecule has 0 radical (unpaired) electrons. The van der Waals surface area contributed by atoms with E-state index in [2.05, 4.69) is 75.8 Å². The third-order valence-electron chi connectivity index (χ3n) is 9.90. The predicted octanol–water partition coefficient (Wildman–Crippen LogP) is 5.39. The average molecular weight is 689 g/mol. The summed E-state index contributed by atoms with van der Waals surface area (Å²) in [5, 5.41) is 18.1. The Labute approximate surface area is 293 Å². The van der Waals surface area contributed by atoms with E-state index in [1.54, 1.807) is 6.07 Å². The lowest BCUT2D eigenvalue weighted by atomic mass is 9.91. The summed E-state index contributed by atoms with van der Waals surface area (Å²) >= 11 is 0. The molecule has 11 nitrogen and oxygen atoms in total. The van der Waals surface area contributed by atoms with Crippen LogP contribution in [0.1, 0.15) is 67.9 Å². The first-order chi connectivity index (χ1) is 24.1. The molecule has 50 heavy (non-hydrogen) atoms. The number of rotatable bonds is 10. The molecule has 3 fully saturated rings. The zero-order valence-corrected chi connectivity index (χ0v) is 29.2. The topological polar surface area (TPSA) is 128 Å². The number of nitrogens with zero attached hydrogens (tertiary/aromatic N) is 3. The number of morpholine rings is 1.